The molecule has 61 heavy (non-hydrogen) atoms. The monoisotopic (exact) mass is 934 g/mol. The summed E-state index contributed by atoms with van der Waals surface area (Å²) < 4.78 is 7.24. The molecule has 0 N–H and O–H groups in total. The van der Waals surface area contributed by atoms with Crippen molar-refractivity contribution >= 4 is 72.4 Å². The van der Waals surface area contributed by atoms with E-state index in [0.717, 1.165) is 0 Å². The van der Waals surface area contributed by atoms with E-state index in [2.05, 4.69) is 230 Å². The Morgan fingerprint density at radius 3 is 0.803 bits per heavy atom. The zero-order valence-electron chi connectivity index (χ0n) is 38.4. The first-order valence-electron chi connectivity index (χ1n) is 21.7. The minimum atomic E-state index is -3.17. The molecule has 0 unspecified atom stereocenters. The molecule has 3 heteroatoms. The Hall–Kier alpha value is -4.25. The fourth-order valence-corrected chi connectivity index (χ4v) is 26.8. The average molecular weight is 935 g/mol. The molecule has 0 fully saturated rings. The van der Waals surface area contributed by atoms with Gasteiger partial charge in [0.15, 0.2) is 0 Å². The van der Waals surface area contributed by atoms with Crippen LogP contribution in [-0.2, 0) is 0 Å². The Bertz CT molecular complexity index is 2380. The van der Waals surface area contributed by atoms with Crippen LogP contribution in [0.4, 0.5) is 0 Å². The zero-order chi connectivity index (χ0) is 43.5. The van der Waals surface area contributed by atoms with E-state index in [-0.39, 0.29) is 0 Å². The van der Waals surface area contributed by atoms with Crippen LogP contribution < -0.4 is 24.5 Å². The van der Waals surface area contributed by atoms with Crippen molar-refractivity contribution in [1.29, 1.82) is 0 Å². The predicted molar refractivity (Wildman–Crippen MR) is 276 cm³/mol. The molecule has 0 aliphatic heterocycles. The van der Waals surface area contributed by atoms with Gasteiger partial charge in [-0.25, -0.2) is 0 Å². The molecule has 306 valence electrons. The molecule has 0 heterocycles. The van der Waals surface area contributed by atoms with Crippen molar-refractivity contribution in [2.45, 2.75) is 83.1 Å². The van der Waals surface area contributed by atoms with Crippen LogP contribution in [0.15, 0.2) is 147 Å². The van der Waals surface area contributed by atoms with Crippen molar-refractivity contribution in [3.8, 4) is 0 Å². The van der Waals surface area contributed by atoms with Crippen LogP contribution >= 0.6 is 15.8 Å². The molecular weight excluding hydrogens is 873 g/mol. The van der Waals surface area contributed by atoms with Gasteiger partial charge in [0.05, 0.1) is 0 Å². The van der Waals surface area contributed by atoms with Crippen molar-refractivity contribution in [2.75, 3.05) is 0 Å². The van der Waals surface area contributed by atoms with Crippen LogP contribution in [0.5, 0.6) is 0 Å². The second kappa shape index (κ2) is 19.4. The van der Waals surface area contributed by atoms with Gasteiger partial charge in [-0.05, 0) is 0 Å². The van der Waals surface area contributed by atoms with E-state index >= 15 is 0 Å². The summed E-state index contributed by atoms with van der Waals surface area (Å²) in [6.07, 6.45) is 0. The van der Waals surface area contributed by atoms with Crippen LogP contribution in [-0.4, -0.2) is 21.4 Å². The normalized spacial score (nSPS) is 12.1. The zero-order valence-corrected chi connectivity index (χ0v) is 43.5. The third-order valence-corrected chi connectivity index (χ3v) is 27.2. The summed E-state index contributed by atoms with van der Waals surface area (Å²) in [5, 5.41) is 8.96. The molecule has 0 aliphatic rings. The molecule has 0 atom stereocenters. The molecule has 0 aromatic heterocycles. The van der Waals surface area contributed by atoms with Gasteiger partial charge in [-0.15, -0.1) is 0 Å². The van der Waals surface area contributed by atoms with Crippen molar-refractivity contribution in [3.63, 3.8) is 0 Å². The van der Waals surface area contributed by atoms with Gasteiger partial charge in [0, 0.05) is 0 Å². The van der Waals surface area contributed by atoms with Crippen molar-refractivity contribution in [3.05, 3.63) is 225 Å². The summed E-state index contributed by atoms with van der Waals surface area (Å²) in [6.45, 7) is 27.8. The van der Waals surface area contributed by atoms with Gasteiger partial charge in [-0.1, -0.05) is 0 Å². The summed E-state index contributed by atoms with van der Waals surface area (Å²) in [5.41, 5.74) is 19.0. The second-order valence-electron chi connectivity index (χ2n) is 17.4. The van der Waals surface area contributed by atoms with E-state index in [0.29, 0.717) is 0 Å². The van der Waals surface area contributed by atoms with Gasteiger partial charge in [0.25, 0.3) is 0 Å². The summed E-state index contributed by atoms with van der Waals surface area (Å²) in [6, 6.07) is 53.7. The number of rotatable bonds is 11. The van der Waals surface area contributed by atoms with E-state index in [9.17, 15) is 0 Å². The summed E-state index contributed by atoms with van der Waals surface area (Å²) >= 11 is -3.17. The third kappa shape index (κ3) is 9.87. The van der Waals surface area contributed by atoms with Crippen molar-refractivity contribution in [2.24, 2.45) is 0 Å². The average Bonchev–Trinajstić information content (AvgIpc) is 3.20. The molecule has 0 saturated carbocycles. The topological polar surface area (TPSA) is 0 Å². The molecule has 7 rings (SSSR count). The van der Waals surface area contributed by atoms with Gasteiger partial charge in [-0.3, -0.25) is 0 Å². The number of benzene rings is 7. The first kappa shape index (κ1) is 44.8. The maximum absolute atomic E-state index is 3.17. The van der Waals surface area contributed by atoms with Gasteiger partial charge < -0.3 is 0 Å². The van der Waals surface area contributed by atoms with E-state index in [1.165, 1.54) is 113 Å². The molecule has 0 aliphatic carbocycles. The molecule has 0 bridgehead atoms. The summed E-state index contributed by atoms with van der Waals surface area (Å²) in [4.78, 5) is 0. The van der Waals surface area contributed by atoms with Crippen LogP contribution in [0.1, 0.15) is 77.9 Å². The number of aryl methyl sites for hydroxylation is 12. The number of hydrogen-bond donors (Lipinski definition) is 0. The number of hydrogen-bond acceptors (Lipinski definition) is 0. The third-order valence-electron chi connectivity index (χ3n) is 11.9. The SMILES string of the molecule is Cc1cc(C)c(P(/C(=[CH]\[In](/[CH]=C(\c2ccccc2)P(c2c(C)cc(C)cc2C)c2c(C)cc(C)cc2C)[c]2ccccc2)c2ccccc2)c2c(C)cc(C)cc2C)c(C)c1. The molecule has 0 radical (unpaired) electrons. The van der Waals surface area contributed by atoms with Crippen LogP contribution in [0.25, 0.3) is 10.6 Å². The maximum atomic E-state index is 2.87. The fraction of sp³-hybridized carbons (Fsp3) is 0.207. The fourth-order valence-electron chi connectivity index (χ4n) is 9.88. The molecule has 0 nitrogen and oxygen atoms in total. The van der Waals surface area contributed by atoms with E-state index in [4.69, 9.17) is 0 Å². The van der Waals surface area contributed by atoms with Gasteiger partial charge in [0.1, 0.15) is 0 Å². The Balaban J connectivity index is 1.64. The summed E-state index contributed by atoms with van der Waals surface area (Å²) in [7, 11) is -1.88. The van der Waals surface area contributed by atoms with Crippen molar-refractivity contribution in [1.82, 2.24) is 0 Å². The predicted octanol–water partition coefficient (Wildman–Crippen LogP) is 13.5. The molecule has 0 spiro atoms. The Labute approximate surface area is 378 Å². The first-order chi connectivity index (χ1) is 29.2. The van der Waals surface area contributed by atoms with Gasteiger partial charge in [-0.2, -0.15) is 0 Å². The van der Waals surface area contributed by atoms with Crippen LogP contribution in [0.2, 0.25) is 0 Å². The van der Waals surface area contributed by atoms with E-state index < -0.39 is 37.3 Å². The van der Waals surface area contributed by atoms with Crippen LogP contribution in [0, 0.1) is 83.1 Å². The van der Waals surface area contributed by atoms with E-state index in [1.807, 2.05) is 0 Å². The van der Waals surface area contributed by atoms with E-state index in [1.54, 1.807) is 0 Å². The van der Waals surface area contributed by atoms with Crippen LogP contribution in [0.3, 0.4) is 0 Å². The summed E-state index contributed by atoms with van der Waals surface area (Å²) in [5.74, 6) is 0. The molecule has 7 aromatic rings. The Morgan fingerprint density at radius 1 is 0.328 bits per heavy atom. The first-order valence-corrected chi connectivity index (χ1v) is 29.9. The minimum absolute atomic E-state index is 0.942. The second-order valence-corrected chi connectivity index (χ2v) is 28.3. The molecule has 0 saturated heterocycles. The van der Waals surface area contributed by atoms with Gasteiger partial charge >= 0.3 is 381 Å². The Morgan fingerprint density at radius 2 is 0.557 bits per heavy atom. The quantitative estimate of drug-likeness (QED) is 0.113. The standard InChI is InChI=1S/2C26H28P.C6H5.In/c2*1-17-13-19(3)25(20(4)14-17)27(23(7)24-11-9-8-10-12-24)26-21(5)15-18(2)16-22(26)6;1-2-4-6-5-3-1;/h2*7-16H,1-6H3;1-5H;. The molecular formula is C58H61InP2. The van der Waals surface area contributed by atoms with Crippen molar-refractivity contribution < 1.29 is 0 Å². The Kier molecular flexibility index (Phi) is 14.3. The van der Waals surface area contributed by atoms with Gasteiger partial charge in [0.2, 0.25) is 0 Å². The molecule has 0 amide bonds. The molecule has 7 aromatic carbocycles.